The van der Waals surface area contributed by atoms with E-state index in [1.165, 1.54) is 0 Å². The van der Waals surface area contributed by atoms with Crippen LogP contribution in [0.2, 0.25) is 0 Å². The van der Waals surface area contributed by atoms with Gasteiger partial charge in [0.1, 0.15) is 5.60 Å². The van der Waals surface area contributed by atoms with Gasteiger partial charge in [0, 0.05) is 6.04 Å². The van der Waals surface area contributed by atoms with Gasteiger partial charge in [-0.2, -0.15) is 0 Å². The first-order chi connectivity index (χ1) is 9.67. The fourth-order valence-corrected chi connectivity index (χ4v) is 1.96. The van der Waals surface area contributed by atoms with Crippen molar-refractivity contribution in [2.24, 2.45) is 0 Å². The number of hydrogen-bond acceptors (Lipinski definition) is 3. The summed E-state index contributed by atoms with van der Waals surface area (Å²) in [5, 5.41) is 11.6. The lowest BCUT2D eigenvalue weighted by molar-refractivity contribution is -0.137. The van der Waals surface area contributed by atoms with Crippen molar-refractivity contribution in [3.63, 3.8) is 0 Å². The summed E-state index contributed by atoms with van der Waals surface area (Å²) < 4.78 is 5.17. The van der Waals surface area contributed by atoms with Gasteiger partial charge in [0.2, 0.25) is 0 Å². The van der Waals surface area contributed by atoms with Gasteiger partial charge in [-0.3, -0.25) is 4.79 Å². The average molecular weight is 293 g/mol. The van der Waals surface area contributed by atoms with E-state index >= 15 is 0 Å². The average Bonchev–Trinajstić information content (AvgIpc) is 2.28. The zero-order valence-corrected chi connectivity index (χ0v) is 13.0. The molecule has 1 amide bonds. The summed E-state index contributed by atoms with van der Waals surface area (Å²) in [6, 6.07) is 7.21. The maximum Gasteiger partial charge on any atom is 0.407 e. The molecule has 0 aliphatic carbocycles. The van der Waals surface area contributed by atoms with E-state index < -0.39 is 23.7 Å². The number of carbonyl (C=O) groups is 2. The quantitative estimate of drug-likeness (QED) is 0.875. The Morgan fingerprint density at radius 3 is 2.43 bits per heavy atom. The zero-order valence-electron chi connectivity index (χ0n) is 13.0. The molecule has 0 fully saturated rings. The van der Waals surface area contributed by atoms with Crippen molar-refractivity contribution in [2.75, 3.05) is 0 Å². The predicted molar refractivity (Wildman–Crippen MR) is 80.3 cm³/mol. The lowest BCUT2D eigenvalue weighted by Crippen LogP contribution is -2.41. The van der Waals surface area contributed by atoms with Crippen molar-refractivity contribution in [3.8, 4) is 0 Å². The van der Waals surface area contributed by atoms with Crippen LogP contribution in [0.1, 0.15) is 38.3 Å². The van der Waals surface area contributed by atoms with Gasteiger partial charge in [0.25, 0.3) is 0 Å². The van der Waals surface area contributed by atoms with Gasteiger partial charge < -0.3 is 15.2 Å². The molecule has 0 saturated carbocycles. The van der Waals surface area contributed by atoms with Crippen LogP contribution in [0.15, 0.2) is 24.3 Å². The molecule has 0 bridgehead atoms. The van der Waals surface area contributed by atoms with Gasteiger partial charge in [-0.1, -0.05) is 24.3 Å². The van der Waals surface area contributed by atoms with Gasteiger partial charge in [0.05, 0.1) is 6.42 Å². The van der Waals surface area contributed by atoms with Crippen LogP contribution in [0.4, 0.5) is 4.79 Å². The molecule has 0 saturated heterocycles. The molecule has 1 atom stereocenters. The van der Waals surface area contributed by atoms with Crippen molar-refractivity contribution in [3.05, 3.63) is 35.4 Å². The number of alkyl carbamates (subject to hydrolysis) is 1. The molecular formula is C16H23NO4. The Labute approximate surface area is 125 Å². The number of rotatable bonds is 5. The monoisotopic (exact) mass is 293 g/mol. The molecule has 0 radical (unpaired) electrons. The molecule has 0 aromatic heterocycles. The third kappa shape index (κ3) is 6.79. The van der Waals surface area contributed by atoms with Crippen molar-refractivity contribution in [1.29, 1.82) is 0 Å². The summed E-state index contributed by atoms with van der Waals surface area (Å²) >= 11 is 0. The number of hydrogen-bond donors (Lipinski definition) is 2. The molecule has 0 heterocycles. The molecule has 1 unspecified atom stereocenters. The molecule has 1 aromatic rings. The maximum atomic E-state index is 11.8. The Balaban J connectivity index is 2.75. The van der Waals surface area contributed by atoms with Gasteiger partial charge in [-0.15, -0.1) is 0 Å². The summed E-state index contributed by atoms with van der Waals surface area (Å²) in [6.45, 7) is 7.25. The molecule has 1 rings (SSSR count). The SMILES string of the molecule is Cc1ccccc1CC(CC(=O)O)NC(=O)OC(C)(C)C. The maximum absolute atomic E-state index is 11.8. The highest BCUT2D eigenvalue weighted by Gasteiger charge is 2.21. The van der Waals surface area contributed by atoms with Crippen LogP contribution in [0.5, 0.6) is 0 Å². The highest BCUT2D eigenvalue weighted by atomic mass is 16.6. The Bertz CT molecular complexity index is 505. The van der Waals surface area contributed by atoms with E-state index in [9.17, 15) is 9.59 Å². The van der Waals surface area contributed by atoms with E-state index in [4.69, 9.17) is 9.84 Å². The van der Waals surface area contributed by atoms with Crippen LogP contribution in [-0.2, 0) is 16.0 Å². The summed E-state index contributed by atoms with van der Waals surface area (Å²) in [6.07, 6.45) is -0.284. The highest BCUT2D eigenvalue weighted by molar-refractivity contribution is 5.71. The number of amides is 1. The van der Waals surface area contributed by atoms with E-state index in [2.05, 4.69) is 5.32 Å². The van der Waals surface area contributed by atoms with Crippen molar-refractivity contribution in [1.82, 2.24) is 5.32 Å². The number of carboxylic acid groups (broad SMARTS) is 1. The van der Waals surface area contributed by atoms with Crippen LogP contribution in [0.3, 0.4) is 0 Å². The Morgan fingerprint density at radius 2 is 1.90 bits per heavy atom. The van der Waals surface area contributed by atoms with Gasteiger partial charge in [0.15, 0.2) is 0 Å². The lowest BCUT2D eigenvalue weighted by atomic mass is 9.99. The standard InChI is InChI=1S/C16H23NO4/c1-11-7-5-6-8-12(11)9-13(10-14(18)19)17-15(20)21-16(2,3)4/h5-8,13H,9-10H2,1-4H3,(H,17,20)(H,18,19). The van der Waals surface area contributed by atoms with Crippen molar-refractivity contribution < 1.29 is 19.4 Å². The van der Waals surface area contributed by atoms with Gasteiger partial charge >= 0.3 is 12.1 Å². The summed E-state index contributed by atoms with van der Waals surface area (Å²) in [5.74, 6) is -0.954. The van der Waals surface area contributed by atoms with E-state index in [1.54, 1.807) is 20.8 Å². The first-order valence-electron chi connectivity index (χ1n) is 6.93. The van der Waals surface area contributed by atoms with E-state index in [1.807, 2.05) is 31.2 Å². The van der Waals surface area contributed by atoms with Crippen molar-refractivity contribution in [2.45, 2.75) is 52.2 Å². The number of aryl methyl sites for hydroxylation is 1. The summed E-state index contributed by atoms with van der Waals surface area (Å²) in [5.41, 5.74) is 1.47. The fraction of sp³-hybridized carbons (Fsp3) is 0.500. The molecule has 116 valence electrons. The molecule has 0 aliphatic heterocycles. The second-order valence-corrected chi connectivity index (χ2v) is 6.07. The summed E-state index contributed by atoms with van der Waals surface area (Å²) in [4.78, 5) is 22.8. The van der Waals surface area contributed by atoms with Crippen molar-refractivity contribution >= 4 is 12.1 Å². The van der Waals surface area contributed by atoms with E-state index in [-0.39, 0.29) is 6.42 Å². The Kier molecular flexibility index (Phi) is 5.76. The van der Waals surface area contributed by atoms with Crippen LogP contribution >= 0.6 is 0 Å². The normalized spacial score (nSPS) is 12.6. The lowest BCUT2D eigenvalue weighted by Gasteiger charge is -2.23. The molecule has 5 heteroatoms. The first-order valence-corrected chi connectivity index (χ1v) is 6.93. The second kappa shape index (κ2) is 7.11. The van der Waals surface area contributed by atoms with E-state index in [0.29, 0.717) is 6.42 Å². The molecule has 1 aromatic carbocycles. The Morgan fingerprint density at radius 1 is 1.29 bits per heavy atom. The van der Waals surface area contributed by atoms with E-state index in [0.717, 1.165) is 11.1 Å². The third-order valence-corrected chi connectivity index (χ3v) is 2.87. The number of benzene rings is 1. The Hall–Kier alpha value is -2.04. The zero-order chi connectivity index (χ0) is 16.0. The molecule has 2 N–H and O–H groups in total. The fourth-order valence-electron chi connectivity index (χ4n) is 1.96. The molecule has 5 nitrogen and oxygen atoms in total. The van der Waals surface area contributed by atoms with Crippen LogP contribution in [0.25, 0.3) is 0 Å². The minimum Gasteiger partial charge on any atom is -0.481 e. The van der Waals surface area contributed by atoms with Gasteiger partial charge in [-0.05, 0) is 45.2 Å². The molecule has 0 spiro atoms. The minimum absolute atomic E-state index is 0.145. The predicted octanol–water partition coefficient (Wildman–Crippen LogP) is 2.91. The number of aliphatic carboxylic acids is 1. The third-order valence-electron chi connectivity index (χ3n) is 2.87. The number of carbonyl (C=O) groups excluding carboxylic acids is 1. The van der Waals surface area contributed by atoms with Crippen LogP contribution in [0, 0.1) is 6.92 Å². The first kappa shape index (κ1) is 17.0. The number of ether oxygens (including phenoxy) is 1. The van der Waals surface area contributed by atoms with Crippen LogP contribution in [-0.4, -0.2) is 28.8 Å². The van der Waals surface area contributed by atoms with Gasteiger partial charge in [-0.25, -0.2) is 4.79 Å². The second-order valence-electron chi connectivity index (χ2n) is 6.07. The number of nitrogens with one attached hydrogen (secondary N) is 1. The minimum atomic E-state index is -0.954. The topological polar surface area (TPSA) is 75.6 Å². The molecular weight excluding hydrogens is 270 g/mol. The number of carboxylic acids is 1. The summed E-state index contributed by atoms with van der Waals surface area (Å²) in [7, 11) is 0. The molecule has 21 heavy (non-hydrogen) atoms. The van der Waals surface area contributed by atoms with Crippen LogP contribution < -0.4 is 5.32 Å². The highest BCUT2D eigenvalue weighted by Crippen LogP contribution is 2.13. The smallest absolute Gasteiger partial charge is 0.407 e. The largest absolute Gasteiger partial charge is 0.481 e. The molecule has 0 aliphatic rings.